The summed E-state index contributed by atoms with van der Waals surface area (Å²) >= 11 is 1.48. The first-order valence-electron chi connectivity index (χ1n) is 10.9. The summed E-state index contributed by atoms with van der Waals surface area (Å²) in [6.45, 7) is 2.86. The van der Waals surface area contributed by atoms with E-state index in [9.17, 15) is 4.79 Å². The molecule has 3 aromatic heterocycles. The van der Waals surface area contributed by atoms with E-state index >= 15 is 0 Å². The van der Waals surface area contributed by atoms with Crippen LogP contribution in [0, 0.1) is 0 Å². The lowest BCUT2D eigenvalue weighted by Gasteiger charge is -2.37. The van der Waals surface area contributed by atoms with E-state index in [4.69, 9.17) is 5.10 Å². The van der Waals surface area contributed by atoms with Gasteiger partial charge in [0.1, 0.15) is 0 Å². The third-order valence-electron chi connectivity index (χ3n) is 5.85. The Balaban J connectivity index is 1.36. The summed E-state index contributed by atoms with van der Waals surface area (Å²) in [4.78, 5) is 22.8. The number of thiophene rings is 1. The van der Waals surface area contributed by atoms with Crippen molar-refractivity contribution < 1.29 is 4.79 Å². The van der Waals surface area contributed by atoms with Crippen molar-refractivity contribution in [2.75, 3.05) is 18.0 Å². The fraction of sp³-hybridized carbons (Fsp3) is 0.240. The summed E-state index contributed by atoms with van der Waals surface area (Å²) in [5, 5.41) is 6.69. The van der Waals surface area contributed by atoms with Gasteiger partial charge in [-0.05, 0) is 42.0 Å². The van der Waals surface area contributed by atoms with Crippen molar-refractivity contribution in [3.8, 4) is 5.69 Å². The molecule has 4 aromatic rings. The molecule has 0 N–H and O–H groups in total. The van der Waals surface area contributed by atoms with Gasteiger partial charge >= 0.3 is 0 Å². The third-order valence-corrected chi connectivity index (χ3v) is 6.71. The van der Waals surface area contributed by atoms with Crippen molar-refractivity contribution in [2.45, 2.75) is 25.4 Å². The quantitative estimate of drug-likeness (QED) is 0.436. The molecule has 0 spiro atoms. The third kappa shape index (κ3) is 4.49. The van der Waals surface area contributed by atoms with Gasteiger partial charge in [0.15, 0.2) is 5.82 Å². The van der Waals surface area contributed by atoms with E-state index in [2.05, 4.69) is 40.2 Å². The number of rotatable bonds is 6. The van der Waals surface area contributed by atoms with Gasteiger partial charge in [-0.2, -0.15) is 0 Å². The lowest BCUT2D eigenvalue weighted by molar-refractivity contribution is 0.0961. The first-order valence-corrected chi connectivity index (χ1v) is 11.8. The zero-order valence-corrected chi connectivity index (χ0v) is 18.6. The standard InChI is InChI=1S/C25H25N5OS/c31-25(23-9-5-17-32-23)30(24-12-16-29(27-24)22-8-4-13-26-18-22)21-10-14-28(15-11-21)19-20-6-2-1-3-7-20/h1-9,12-13,16-18,21H,10-11,14-15,19H2. The fourth-order valence-corrected chi connectivity index (χ4v) is 4.89. The molecule has 1 fully saturated rings. The van der Waals surface area contributed by atoms with Crippen molar-refractivity contribution in [2.24, 2.45) is 0 Å². The lowest BCUT2D eigenvalue weighted by atomic mass is 10.0. The van der Waals surface area contributed by atoms with Gasteiger partial charge in [-0.15, -0.1) is 16.4 Å². The molecule has 1 aromatic carbocycles. The highest BCUT2D eigenvalue weighted by atomic mass is 32.1. The molecule has 0 radical (unpaired) electrons. The number of nitrogens with zero attached hydrogens (tertiary/aromatic N) is 5. The van der Waals surface area contributed by atoms with Gasteiger partial charge in [0, 0.05) is 44.1 Å². The Kier molecular flexibility index (Phi) is 6.09. The molecule has 1 aliphatic rings. The van der Waals surface area contributed by atoms with Crippen LogP contribution in [0.2, 0.25) is 0 Å². The van der Waals surface area contributed by atoms with Crippen molar-refractivity contribution in [1.82, 2.24) is 19.7 Å². The number of carbonyl (C=O) groups is 1. The average molecular weight is 444 g/mol. The Hall–Kier alpha value is -3.29. The number of benzene rings is 1. The molecule has 162 valence electrons. The molecule has 0 unspecified atom stereocenters. The molecule has 1 saturated heterocycles. The van der Waals surface area contributed by atoms with E-state index in [-0.39, 0.29) is 11.9 Å². The van der Waals surface area contributed by atoms with E-state index in [1.807, 2.05) is 46.8 Å². The van der Waals surface area contributed by atoms with E-state index in [1.54, 1.807) is 17.1 Å². The Morgan fingerprint density at radius 3 is 2.59 bits per heavy atom. The van der Waals surface area contributed by atoms with Crippen molar-refractivity contribution in [3.63, 3.8) is 0 Å². The molecule has 1 aliphatic heterocycles. The number of aromatic nitrogens is 3. The maximum absolute atomic E-state index is 13.5. The molecule has 0 saturated carbocycles. The van der Waals surface area contributed by atoms with Crippen molar-refractivity contribution >= 4 is 23.1 Å². The summed E-state index contributed by atoms with van der Waals surface area (Å²) in [5.41, 5.74) is 2.20. The second-order valence-corrected chi connectivity index (χ2v) is 8.92. The maximum Gasteiger partial charge on any atom is 0.269 e. The fourth-order valence-electron chi connectivity index (χ4n) is 4.23. The van der Waals surface area contributed by atoms with Crippen LogP contribution in [0.25, 0.3) is 5.69 Å². The predicted molar refractivity (Wildman–Crippen MR) is 127 cm³/mol. The van der Waals surface area contributed by atoms with Gasteiger partial charge in [-0.1, -0.05) is 36.4 Å². The minimum atomic E-state index is 0.0259. The van der Waals surface area contributed by atoms with Crippen LogP contribution in [0.15, 0.2) is 84.6 Å². The van der Waals surface area contributed by atoms with Gasteiger partial charge in [-0.3, -0.25) is 19.6 Å². The summed E-state index contributed by atoms with van der Waals surface area (Å²) in [7, 11) is 0. The smallest absolute Gasteiger partial charge is 0.269 e. The molecule has 0 atom stereocenters. The van der Waals surface area contributed by atoms with E-state index in [0.29, 0.717) is 5.82 Å². The van der Waals surface area contributed by atoms with E-state index in [1.165, 1.54) is 16.9 Å². The number of likely N-dealkylation sites (tertiary alicyclic amines) is 1. The first kappa shape index (κ1) is 20.6. The summed E-state index contributed by atoms with van der Waals surface area (Å²) in [5.74, 6) is 0.715. The van der Waals surface area contributed by atoms with Crippen LogP contribution >= 0.6 is 11.3 Å². The highest BCUT2D eigenvalue weighted by Gasteiger charge is 2.31. The number of hydrogen-bond acceptors (Lipinski definition) is 5. The van der Waals surface area contributed by atoms with Gasteiger partial charge < -0.3 is 0 Å². The van der Waals surface area contributed by atoms with Crippen LogP contribution in [0.5, 0.6) is 0 Å². The minimum Gasteiger partial charge on any atom is -0.299 e. The molecule has 7 heteroatoms. The monoisotopic (exact) mass is 443 g/mol. The number of amides is 1. The topological polar surface area (TPSA) is 54.3 Å². The lowest BCUT2D eigenvalue weighted by Crippen LogP contribution is -2.47. The molecule has 5 rings (SSSR count). The van der Waals surface area contributed by atoms with Crippen LogP contribution in [0.4, 0.5) is 5.82 Å². The molecule has 4 heterocycles. The van der Waals surface area contributed by atoms with Gasteiger partial charge in [0.05, 0.1) is 16.8 Å². The summed E-state index contributed by atoms with van der Waals surface area (Å²) < 4.78 is 1.78. The van der Waals surface area contributed by atoms with Gasteiger partial charge in [-0.25, -0.2) is 4.68 Å². The molecule has 0 bridgehead atoms. The Labute approximate surface area is 191 Å². The second-order valence-electron chi connectivity index (χ2n) is 7.98. The number of pyridine rings is 1. The van der Waals surface area contributed by atoms with Crippen molar-refractivity contribution in [1.29, 1.82) is 0 Å². The normalized spacial score (nSPS) is 15.0. The number of anilines is 1. The number of piperidine rings is 1. The molecule has 32 heavy (non-hydrogen) atoms. The highest BCUT2D eigenvalue weighted by Crippen LogP contribution is 2.27. The Bertz CT molecular complexity index is 1140. The van der Waals surface area contributed by atoms with Crippen LogP contribution < -0.4 is 4.90 Å². The summed E-state index contributed by atoms with van der Waals surface area (Å²) in [6, 6.07) is 20.3. The zero-order chi connectivity index (χ0) is 21.8. The number of hydrogen-bond donors (Lipinski definition) is 0. The largest absolute Gasteiger partial charge is 0.299 e. The van der Waals surface area contributed by atoms with Gasteiger partial charge in [0.25, 0.3) is 5.91 Å². The first-order chi connectivity index (χ1) is 15.8. The van der Waals surface area contributed by atoms with Crippen LogP contribution in [-0.2, 0) is 6.54 Å². The predicted octanol–water partition coefficient (Wildman–Crippen LogP) is 4.64. The van der Waals surface area contributed by atoms with Crippen LogP contribution in [0.3, 0.4) is 0 Å². The number of carbonyl (C=O) groups excluding carboxylic acids is 1. The SMILES string of the molecule is O=C(c1cccs1)N(c1ccn(-c2cccnc2)n1)C1CCN(Cc2ccccc2)CC1. The average Bonchev–Trinajstić information content (AvgIpc) is 3.55. The van der Waals surface area contributed by atoms with Crippen LogP contribution in [-0.4, -0.2) is 44.7 Å². The highest BCUT2D eigenvalue weighted by molar-refractivity contribution is 7.12. The van der Waals surface area contributed by atoms with Crippen molar-refractivity contribution in [3.05, 3.63) is 95.1 Å². The van der Waals surface area contributed by atoms with E-state index in [0.717, 1.165) is 43.0 Å². The van der Waals surface area contributed by atoms with E-state index < -0.39 is 0 Å². The molecular formula is C25H25N5OS. The molecule has 0 aliphatic carbocycles. The maximum atomic E-state index is 13.5. The second kappa shape index (κ2) is 9.46. The Morgan fingerprint density at radius 1 is 1.03 bits per heavy atom. The zero-order valence-electron chi connectivity index (χ0n) is 17.7. The molecular weight excluding hydrogens is 418 g/mol. The van der Waals surface area contributed by atoms with Gasteiger partial charge in [0.2, 0.25) is 0 Å². The molecule has 6 nitrogen and oxygen atoms in total. The minimum absolute atomic E-state index is 0.0259. The Morgan fingerprint density at radius 2 is 1.88 bits per heavy atom. The molecule has 1 amide bonds. The van der Waals surface area contributed by atoms with Crippen LogP contribution in [0.1, 0.15) is 28.1 Å². The summed E-state index contributed by atoms with van der Waals surface area (Å²) in [6.07, 6.45) is 7.24.